The minimum absolute atomic E-state index is 0.0157. The van der Waals surface area contributed by atoms with Crippen molar-refractivity contribution >= 4 is 35.3 Å². The lowest BCUT2D eigenvalue weighted by Gasteiger charge is -2.38. The molecule has 12 nitrogen and oxygen atoms in total. The van der Waals surface area contributed by atoms with Crippen LogP contribution in [0.2, 0.25) is 0 Å². The highest BCUT2D eigenvalue weighted by molar-refractivity contribution is 6.38. The molecular formula is C44H72N6O6. The molecule has 4 N–H and O–H groups in total. The minimum atomic E-state index is -0.985. The van der Waals surface area contributed by atoms with Crippen LogP contribution in [0.3, 0.4) is 0 Å². The topological polar surface area (TPSA) is 157 Å². The van der Waals surface area contributed by atoms with Gasteiger partial charge >= 0.3 is 0 Å². The number of likely N-dealkylation sites (tertiary alicyclic amines) is 2. The zero-order valence-corrected chi connectivity index (χ0v) is 35.5. The number of rotatable bonds is 15. The number of hydrogen-bond donors (Lipinski definition) is 4. The van der Waals surface area contributed by atoms with Gasteiger partial charge < -0.3 is 31.1 Å². The predicted molar refractivity (Wildman–Crippen MR) is 215 cm³/mol. The highest BCUT2D eigenvalue weighted by atomic mass is 16.2. The quantitative estimate of drug-likeness (QED) is 0.177. The van der Waals surface area contributed by atoms with E-state index in [4.69, 9.17) is 0 Å². The van der Waals surface area contributed by atoms with Crippen molar-refractivity contribution in [1.29, 1.82) is 0 Å². The Bertz CT molecular complexity index is 1510. The third kappa shape index (κ3) is 8.15. The van der Waals surface area contributed by atoms with Crippen LogP contribution in [0.5, 0.6) is 0 Å². The number of piperidine rings is 1. The van der Waals surface area contributed by atoms with Crippen molar-refractivity contribution in [2.75, 3.05) is 26.2 Å². The fourth-order valence-corrected chi connectivity index (χ4v) is 11.5. The molecule has 314 valence electrons. The SMILES string of the molecule is CCC[C@H](NC(=O)[C@@H]1C[C@@]2(CN1C(=O)[C@@H](NC(=O)C(NC(=O)[C@H]1CCCN(CCC)C1)C1CCCCC1)C(C)(C)C)C(C)(C)C21CCC1)C(=O)C(=O)NC1CC1. The maximum atomic E-state index is 15.1. The van der Waals surface area contributed by atoms with Crippen molar-refractivity contribution in [3.8, 4) is 0 Å². The normalized spacial score (nSPS) is 28.8. The number of nitrogens with one attached hydrogen (secondary N) is 4. The van der Waals surface area contributed by atoms with E-state index >= 15 is 4.79 Å². The third-order valence-electron chi connectivity index (χ3n) is 15.3. The molecule has 0 radical (unpaired) electrons. The first-order valence-corrected chi connectivity index (χ1v) is 22.3. The van der Waals surface area contributed by atoms with Gasteiger partial charge in [0.25, 0.3) is 5.91 Å². The lowest BCUT2D eigenvalue weighted by Crippen LogP contribution is -2.62. The van der Waals surface area contributed by atoms with Crippen LogP contribution in [0.4, 0.5) is 0 Å². The van der Waals surface area contributed by atoms with Crippen LogP contribution in [-0.2, 0) is 28.8 Å². The number of amides is 5. The van der Waals surface area contributed by atoms with Gasteiger partial charge in [-0.05, 0) is 106 Å². The minimum Gasteiger partial charge on any atom is -0.347 e. The first-order valence-electron chi connectivity index (χ1n) is 22.3. The van der Waals surface area contributed by atoms with Crippen molar-refractivity contribution in [1.82, 2.24) is 31.1 Å². The lowest BCUT2D eigenvalue weighted by molar-refractivity contribution is -0.145. The van der Waals surface area contributed by atoms with Crippen LogP contribution in [0.15, 0.2) is 0 Å². The first kappa shape index (κ1) is 42.6. The Morgan fingerprint density at radius 3 is 2.05 bits per heavy atom. The van der Waals surface area contributed by atoms with Gasteiger partial charge in [-0.2, -0.15) is 0 Å². The highest BCUT2D eigenvalue weighted by Crippen LogP contribution is 2.88. The van der Waals surface area contributed by atoms with Gasteiger partial charge in [0.1, 0.15) is 18.1 Å². The second kappa shape index (κ2) is 16.7. The molecule has 6 atom stereocenters. The van der Waals surface area contributed by atoms with Gasteiger partial charge in [0, 0.05) is 24.5 Å². The molecule has 0 aromatic carbocycles. The zero-order chi connectivity index (χ0) is 40.6. The first-order chi connectivity index (χ1) is 26.5. The highest BCUT2D eigenvalue weighted by Gasteiger charge is 2.85. The smallest absolute Gasteiger partial charge is 0.289 e. The Hall–Kier alpha value is -3.02. The molecule has 2 saturated heterocycles. The van der Waals surface area contributed by atoms with E-state index in [1.807, 2.05) is 27.7 Å². The average molecular weight is 781 g/mol. The summed E-state index contributed by atoms with van der Waals surface area (Å²) in [5.41, 5.74) is -1.03. The van der Waals surface area contributed by atoms with Crippen molar-refractivity contribution in [3.05, 3.63) is 0 Å². The Balaban J connectivity index is 1.24. The molecule has 2 spiro atoms. The lowest BCUT2D eigenvalue weighted by atomic mass is 9.73. The maximum Gasteiger partial charge on any atom is 0.289 e. The summed E-state index contributed by atoms with van der Waals surface area (Å²) in [7, 11) is 0. The van der Waals surface area contributed by atoms with Crippen molar-refractivity contribution < 1.29 is 28.8 Å². The molecule has 6 fully saturated rings. The Labute approximate surface area is 335 Å². The van der Waals surface area contributed by atoms with Gasteiger partial charge in [0.2, 0.25) is 29.4 Å². The molecule has 0 aromatic rings. The number of carbonyl (C=O) groups is 6. The molecule has 2 heterocycles. The number of ketones is 1. The standard InChI is InChI=1S/C44H72N6O6/c1-8-15-31(34(51)39(55)45-30-19-20-30)46-37(53)32-25-44(42(6,7)43(44)21-14-22-43)27-50(32)40(56)35(41(3,4)5)48-38(54)33(28-16-11-10-12-17-28)47-36(52)29-18-13-24-49(26-29)23-9-2/h28-33,35H,8-27H2,1-7H3,(H,45,55)(H,46,53)(H,47,52)(H,48,54)/t29-,31-,32-,33?,35+,44+/m0/s1. The van der Waals surface area contributed by atoms with Crippen LogP contribution in [0.25, 0.3) is 0 Å². The second-order valence-electron chi connectivity index (χ2n) is 20.1. The molecule has 4 saturated carbocycles. The summed E-state index contributed by atoms with van der Waals surface area (Å²) in [5, 5.41) is 12.1. The molecule has 0 aromatic heterocycles. The van der Waals surface area contributed by atoms with Crippen LogP contribution in [-0.4, -0.2) is 102 Å². The fourth-order valence-electron chi connectivity index (χ4n) is 11.5. The van der Waals surface area contributed by atoms with Crippen molar-refractivity contribution in [2.45, 2.75) is 181 Å². The Kier molecular flexibility index (Phi) is 12.7. The van der Waals surface area contributed by atoms with Crippen LogP contribution in [0.1, 0.15) is 151 Å². The molecular weight excluding hydrogens is 709 g/mol. The summed E-state index contributed by atoms with van der Waals surface area (Å²) < 4.78 is 0. The zero-order valence-electron chi connectivity index (χ0n) is 35.5. The summed E-state index contributed by atoms with van der Waals surface area (Å²) in [4.78, 5) is 88.3. The summed E-state index contributed by atoms with van der Waals surface area (Å²) in [6.45, 7) is 17.4. The summed E-state index contributed by atoms with van der Waals surface area (Å²) in [6, 6.07) is -3.54. The number of hydrogen-bond acceptors (Lipinski definition) is 7. The van der Waals surface area contributed by atoms with E-state index in [1.54, 1.807) is 4.90 Å². The van der Waals surface area contributed by atoms with Gasteiger partial charge in [-0.25, -0.2) is 0 Å². The van der Waals surface area contributed by atoms with Gasteiger partial charge in [0.05, 0.1) is 12.0 Å². The molecule has 5 amide bonds. The maximum absolute atomic E-state index is 15.1. The van der Waals surface area contributed by atoms with Gasteiger partial charge in [-0.3, -0.25) is 28.8 Å². The van der Waals surface area contributed by atoms with E-state index in [-0.39, 0.29) is 51.8 Å². The monoisotopic (exact) mass is 781 g/mol. The van der Waals surface area contributed by atoms with Crippen LogP contribution in [0, 0.1) is 33.5 Å². The molecule has 4 aliphatic carbocycles. The Morgan fingerprint density at radius 2 is 1.48 bits per heavy atom. The molecule has 6 rings (SSSR count). The van der Waals surface area contributed by atoms with Crippen molar-refractivity contribution in [2.24, 2.45) is 33.5 Å². The van der Waals surface area contributed by atoms with Gasteiger partial charge in [-0.1, -0.05) is 80.6 Å². The summed E-state index contributed by atoms with van der Waals surface area (Å²) in [5.74, 6) is -2.70. The third-order valence-corrected chi connectivity index (χ3v) is 15.3. The fraction of sp³-hybridized carbons (Fsp3) is 0.864. The van der Waals surface area contributed by atoms with Crippen molar-refractivity contribution in [3.63, 3.8) is 0 Å². The summed E-state index contributed by atoms with van der Waals surface area (Å²) in [6.07, 6.45) is 13.8. The number of Topliss-reactive ketones (excluding diaryl/α,β-unsaturated/α-hetero) is 1. The van der Waals surface area contributed by atoms with E-state index in [0.717, 1.165) is 96.6 Å². The summed E-state index contributed by atoms with van der Waals surface area (Å²) >= 11 is 0. The van der Waals surface area contributed by atoms with Gasteiger partial charge in [0.15, 0.2) is 0 Å². The number of fused-ring (bicyclic) bond motifs is 1. The average Bonchev–Trinajstić information content (AvgIpc) is 3.97. The van der Waals surface area contributed by atoms with E-state index in [2.05, 4.69) is 46.9 Å². The van der Waals surface area contributed by atoms with Crippen LogP contribution < -0.4 is 21.3 Å². The molecule has 0 bridgehead atoms. The molecule has 6 aliphatic rings. The number of nitrogens with zero attached hydrogens (tertiary/aromatic N) is 2. The van der Waals surface area contributed by atoms with E-state index in [9.17, 15) is 24.0 Å². The Morgan fingerprint density at radius 1 is 0.786 bits per heavy atom. The number of carbonyl (C=O) groups excluding carboxylic acids is 6. The largest absolute Gasteiger partial charge is 0.347 e. The molecule has 2 aliphatic heterocycles. The molecule has 12 heteroatoms. The van der Waals surface area contributed by atoms with Crippen LogP contribution >= 0.6 is 0 Å². The molecule has 56 heavy (non-hydrogen) atoms. The van der Waals surface area contributed by atoms with E-state index in [1.165, 1.54) is 0 Å². The van der Waals surface area contributed by atoms with Gasteiger partial charge in [-0.15, -0.1) is 0 Å². The van der Waals surface area contributed by atoms with E-state index < -0.39 is 47.2 Å². The molecule has 1 unspecified atom stereocenters. The van der Waals surface area contributed by atoms with E-state index in [0.29, 0.717) is 32.4 Å². The second-order valence-corrected chi connectivity index (χ2v) is 20.1. The predicted octanol–water partition coefficient (Wildman–Crippen LogP) is 4.63.